The monoisotopic (exact) mass is 488 g/mol. The Morgan fingerprint density at radius 1 is 0.703 bits per heavy atom. The molecule has 1 aliphatic carbocycles. The lowest BCUT2D eigenvalue weighted by molar-refractivity contribution is 0.431. The average Bonchev–Trinajstić information content (AvgIpc) is 3.14. The van der Waals surface area contributed by atoms with Crippen LogP contribution in [0.4, 0.5) is 17.1 Å². The van der Waals surface area contributed by atoms with E-state index in [0.29, 0.717) is 0 Å². The molecule has 0 heterocycles. The van der Waals surface area contributed by atoms with E-state index in [1.807, 2.05) is 12.1 Å². The maximum absolute atomic E-state index is 6.03. The van der Waals surface area contributed by atoms with Crippen LogP contribution in [0.1, 0.15) is 82.1 Å². The Kier molecular flexibility index (Phi) is 6.86. The van der Waals surface area contributed by atoms with Gasteiger partial charge in [-0.15, -0.1) is 0 Å². The summed E-state index contributed by atoms with van der Waals surface area (Å²) in [7, 11) is 0. The minimum absolute atomic E-state index is 0.00473. The number of rotatable bonds is 9. The Morgan fingerprint density at radius 3 is 2.00 bits per heavy atom. The summed E-state index contributed by atoms with van der Waals surface area (Å²) in [6.45, 7) is 9.25. The van der Waals surface area contributed by atoms with Crippen molar-refractivity contribution < 1.29 is 0 Å². The van der Waals surface area contributed by atoms with Crippen LogP contribution in [0, 0.1) is 0 Å². The van der Waals surface area contributed by atoms with Crippen LogP contribution in [0.2, 0.25) is 0 Å². The van der Waals surface area contributed by atoms with Gasteiger partial charge in [0.05, 0.1) is 0 Å². The van der Waals surface area contributed by atoms with Crippen LogP contribution in [0.25, 0.3) is 11.1 Å². The van der Waals surface area contributed by atoms with E-state index in [1.54, 1.807) is 0 Å². The first-order chi connectivity index (χ1) is 17.9. The molecule has 5 rings (SSSR count). The van der Waals surface area contributed by atoms with Crippen molar-refractivity contribution >= 4 is 17.1 Å². The second kappa shape index (κ2) is 10.1. The van der Waals surface area contributed by atoms with Gasteiger partial charge in [0.25, 0.3) is 0 Å². The fourth-order valence-corrected chi connectivity index (χ4v) is 6.34. The molecule has 0 bridgehead atoms. The minimum atomic E-state index is 0.00473. The standard InChI is InChI=1S/C35H40N2/c1-5-7-10-23-35(6-2,25-13-17-27(36)18-14-25)26-15-19-28(20-16-26)37-29-21-22-31-30-11-8-9-12-32(30)34(3,4)33(31)24-29/h8-9,11-22,24,37H,5-7,10,23,36H2,1-4H3. The Balaban J connectivity index is 1.43. The predicted molar refractivity (Wildman–Crippen MR) is 160 cm³/mol. The van der Waals surface area contributed by atoms with Gasteiger partial charge < -0.3 is 11.1 Å². The molecule has 1 aliphatic rings. The molecule has 0 saturated carbocycles. The molecule has 0 radical (unpaired) electrons. The Hall–Kier alpha value is -3.52. The highest BCUT2D eigenvalue weighted by atomic mass is 14.9. The average molecular weight is 489 g/mol. The van der Waals surface area contributed by atoms with Crippen LogP contribution >= 0.6 is 0 Å². The van der Waals surface area contributed by atoms with Gasteiger partial charge in [0, 0.05) is 27.9 Å². The number of benzene rings is 4. The maximum atomic E-state index is 6.03. The molecule has 1 unspecified atom stereocenters. The number of nitrogens with two attached hydrogens (primary N) is 1. The molecular formula is C35H40N2. The number of fused-ring (bicyclic) bond motifs is 3. The van der Waals surface area contributed by atoms with E-state index < -0.39 is 0 Å². The molecule has 1 atom stereocenters. The second-order valence-electron chi connectivity index (χ2n) is 11.1. The molecule has 190 valence electrons. The summed E-state index contributed by atoms with van der Waals surface area (Å²) in [5, 5.41) is 3.68. The minimum Gasteiger partial charge on any atom is -0.399 e. The Morgan fingerprint density at radius 2 is 1.32 bits per heavy atom. The SMILES string of the molecule is CCCCCC(CC)(c1ccc(N)cc1)c1ccc(Nc2ccc3c(c2)C(C)(C)c2ccccc2-3)cc1. The van der Waals surface area contributed by atoms with Gasteiger partial charge in [0.2, 0.25) is 0 Å². The number of unbranched alkanes of at least 4 members (excludes halogenated alkanes) is 2. The number of hydrogen-bond acceptors (Lipinski definition) is 2. The van der Waals surface area contributed by atoms with Crippen molar-refractivity contribution in [3.63, 3.8) is 0 Å². The number of nitrogen functional groups attached to an aromatic ring is 1. The fourth-order valence-electron chi connectivity index (χ4n) is 6.34. The number of anilines is 3. The van der Waals surface area contributed by atoms with Gasteiger partial charge in [-0.2, -0.15) is 0 Å². The molecule has 0 aliphatic heterocycles. The van der Waals surface area contributed by atoms with Gasteiger partial charge in [-0.25, -0.2) is 0 Å². The third kappa shape index (κ3) is 4.55. The Labute approximate surface area is 223 Å². The van der Waals surface area contributed by atoms with Crippen molar-refractivity contribution in [3.05, 3.63) is 113 Å². The molecule has 0 aromatic heterocycles. The van der Waals surface area contributed by atoms with Crippen LogP contribution in [0.5, 0.6) is 0 Å². The molecule has 2 heteroatoms. The maximum Gasteiger partial charge on any atom is 0.0387 e. The zero-order valence-corrected chi connectivity index (χ0v) is 22.8. The van der Waals surface area contributed by atoms with Crippen molar-refractivity contribution in [2.75, 3.05) is 11.1 Å². The summed E-state index contributed by atoms with van der Waals surface area (Å²) in [6.07, 6.45) is 5.92. The lowest BCUT2D eigenvalue weighted by Crippen LogP contribution is -2.27. The summed E-state index contributed by atoms with van der Waals surface area (Å²) in [6, 6.07) is 33.3. The van der Waals surface area contributed by atoms with E-state index >= 15 is 0 Å². The zero-order valence-electron chi connectivity index (χ0n) is 22.8. The Bertz CT molecular complexity index is 1370. The van der Waals surface area contributed by atoms with E-state index in [1.165, 1.54) is 52.6 Å². The van der Waals surface area contributed by atoms with E-state index in [9.17, 15) is 0 Å². The lowest BCUT2D eigenvalue weighted by Gasteiger charge is -2.35. The normalized spacial score (nSPS) is 15.0. The number of nitrogens with one attached hydrogen (secondary N) is 1. The van der Waals surface area contributed by atoms with Gasteiger partial charge in [0.1, 0.15) is 0 Å². The molecule has 3 N–H and O–H groups in total. The van der Waals surface area contributed by atoms with Crippen LogP contribution in [0.3, 0.4) is 0 Å². The van der Waals surface area contributed by atoms with Crippen molar-refractivity contribution in [1.29, 1.82) is 0 Å². The van der Waals surface area contributed by atoms with Gasteiger partial charge in [-0.3, -0.25) is 0 Å². The van der Waals surface area contributed by atoms with Crippen LogP contribution < -0.4 is 11.1 Å². The van der Waals surface area contributed by atoms with Gasteiger partial charge in [-0.05, 0) is 82.6 Å². The highest BCUT2D eigenvalue weighted by molar-refractivity contribution is 5.82. The van der Waals surface area contributed by atoms with Crippen LogP contribution in [-0.4, -0.2) is 0 Å². The molecule has 0 saturated heterocycles. The quantitative estimate of drug-likeness (QED) is 0.182. The largest absolute Gasteiger partial charge is 0.399 e. The van der Waals surface area contributed by atoms with Crippen molar-refractivity contribution in [2.24, 2.45) is 0 Å². The van der Waals surface area contributed by atoms with Crippen molar-refractivity contribution in [3.8, 4) is 11.1 Å². The molecule has 37 heavy (non-hydrogen) atoms. The zero-order chi connectivity index (χ0) is 26.0. The third-order valence-electron chi connectivity index (χ3n) is 8.58. The van der Waals surface area contributed by atoms with Crippen LogP contribution in [0.15, 0.2) is 91.0 Å². The summed E-state index contributed by atoms with van der Waals surface area (Å²) in [5.74, 6) is 0. The summed E-state index contributed by atoms with van der Waals surface area (Å²) in [5.41, 5.74) is 17.4. The first-order valence-electron chi connectivity index (χ1n) is 13.9. The molecule has 4 aromatic rings. The van der Waals surface area contributed by atoms with Gasteiger partial charge >= 0.3 is 0 Å². The molecule has 4 aromatic carbocycles. The first kappa shape index (κ1) is 25.1. The predicted octanol–water partition coefficient (Wildman–Crippen LogP) is 9.60. The number of hydrogen-bond donors (Lipinski definition) is 2. The molecule has 0 amide bonds. The summed E-state index contributed by atoms with van der Waals surface area (Å²) < 4.78 is 0. The van der Waals surface area contributed by atoms with Crippen LogP contribution in [-0.2, 0) is 10.8 Å². The first-order valence-corrected chi connectivity index (χ1v) is 13.9. The molecule has 0 fully saturated rings. The van der Waals surface area contributed by atoms with Crippen molar-refractivity contribution in [1.82, 2.24) is 0 Å². The fraction of sp³-hybridized carbons (Fsp3) is 0.314. The third-order valence-corrected chi connectivity index (χ3v) is 8.58. The topological polar surface area (TPSA) is 38.0 Å². The second-order valence-corrected chi connectivity index (χ2v) is 11.1. The summed E-state index contributed by atoms with van der Waals surface area (Å²) >= 11 is 0. The molecule has 2 nitrogen and oxygen atoms in total. The molecular weight excluding hydrogens is 448 g/mol. The van der Waals surface area contributed by atoms with E-state index in [2.05, 4.69) is 112 Å². The highest BCUT2D eigenvalue weighted by Crippen LogP contribution is 2.49. The van der Waals surface area contributed by atoms with Crippen molar-refractivity contribution in [2.45, 2.75) is 70.6 Å². The molecule has 0 spiro atoms. The van der Waals surface area contributed by atoms with Gasteiger partial charge in [0.15, 0.2) is 0 Å². The highest BCUT2D eigenvalue weighted by Gasteiger charge is 2.35. The summed E-state index contributed by atoms with van der Waals surface area (Å²) in [4.78, 5) is 0. The van der Waals surface area contributed by atoms with E-state index in [4.69, 9.17) is 5.73 Å². The lowest BCUT2D eigenvalue weighted by atomic mass is 9.69. The van der Waals surface area contributed by atoms with E-state index in [-0.39, 0.29) is 10.8 Å². The van der Waals surface area contributed by atoms with E-state index in [0.717, 1.165) is 29.9 Å². The van der Waals surface area contributed by atoms with Gasteiger partial charge in [-0.1, -0.05) is 102 Å². The smallest absolute Gasteiger partial charge is 0.0387 e.